The van der Waals surface area contributed by atoms with Gasteiger partial charge >= 0.3 is 5.97 Å². The fourth-order valence-electron chi connectivity index (χ4n) is 1.57. The molecule has 1 aromatic carbocycles. The van der Waals surface area contributed by atoms with Crippen molar-refractivity contribution in [2.24, 2.45) is 0 Å². The number of aromatic nitrogens is 4. The minimum absolute atomic E-state index is 0.229. The molecule has 126 valence electrons. The molecule has 0 N–H and O–H groups in total. The summed E-state index contributed by atoms with van der Waals surface area (Å²) in [5.41, 5.74) is 0.0147. The summed E-state index contributed by atoms with van der Waals surface area (Å²) in [7, 11) is 0. The van der Waals surface area contributed by atoms with E-state index in [2.05, 4.69) is 15.5 Å². The average Bonchev–Trinajstić information content (AvgIpc) is 2.99. The second-order valence-electron chi connectivity index (χ2n) is 5.24. The summed E-state index contributed by atoms with van der Waals surface area (Å²) in [6.45, 7) is 9.14. The highest BCUT2D eigenvalue weighted by molar-refractivity contribution is 6.30. The molecule has 0 amide bonds. The van der Waals surface area contributed by atoms with Crippen LogP contribution in [0.2, 0.25) is 5.02 Å². The molecular formula is C15H21ClN4O3. The van der Waals surface area contributed by atoms with Crippen LogP contribution >= 0.6 is 11.6 Å². The molecule has 0 unspecified atom stereocenters. The predicted octanol–water partition coefficient (Wildman–Crippen LogP) is 3.06. The van der Waals surface area contributed by atoms with Crippen molar-refractivity contribution in [1.82, 2.24) is 20.2 Å². The minimum Gasteiger partial charge on any atom is -0.480 e. The lowest BCUT2D eigenvalue weighted by Crippen LogP contribution is -2.27. The zero-order valence-electron chi connectivity index (χ0n) is 13.9. The molecule has 0 aliphatic rings. The first-order valence-corrected chi connectivity index (χ1v) is 7.60. The van der Waals surface area contributed by atoms with Gasteiger partial charge in [0, 0.05) is 11.1 Å². The van der Waals surface area contributed by atoms with Crippen molar-refractivity contribution < 1.29 is 14.3 Å². The number of carbonyl (C=O) groups is 1. The van der Waals surface area contributed by atoms with Crippen molar-refractivity contribution >= 4 is 17.6 Å². The molecule has 2 rings (SSSR count). The SMILES string of the molecule is CC.CC(C)(C)OC(=O)COc1cc(Cl)ccc1-n1cnnn1. The normalized spacial score (nSPS) is 10.5. The Morgan fingerprint density at radius 2 is 2.00 bits per heavy atom. The highest BCUT2D eigenvalue weighted by atomic mass is 35.5. The Bertz CT molecular complexity index is 624. The second kappa shape index (κ2) is 8.47. The van der Waals surface area contributed by atoms with Gasteiger partial charge in [0.1, 0.15) is 23.4 Å². The first-order chi connectivity index (χ1) is 10.8. The van der Waals surface area contributed by atoms with Gasteiger partial charge in [-0.1, -0.05) is 25.4 Å². The molecule has 0 bridgehead atoms. The van der Waals surface area contributed by atoms with E-state index in [-0.39, 0.29) is 6.61 Å². The molecular weight excluding hydrogens is 320 g/mol. The quantitative estimate of drug-likeness (QED) is 0.796. The van der Waals surface area contributed by atoms with Crippen LogP contribution in [0.4, 0.5) is 0 Å². The van der Waals surface area contributed by atoms with Crippen molar-refractivity contribution in [1.29, 1.82) is 0 Å². The molecule has 0 radical (unpaired) electrons. The molecule has 0 saturated heterocycles. The van der Waals surface area contributed by atoms with Crippen LogP contribution in [0.1, 0.15) is 34.6 Å². The van der Waals surface area contributed by atoms with Gasteiger partial charge in [0.05, 0.1) is 0 Å². The van der Waals surface area contributed by atoms with Crippen LogP contribution in [0.3, 0.4) is 0 Å². The smallest absolute Gasteiger partial charge is 0.344 e. The molecule has 1 heterocycles. The number of nitrogens with zero attached hydrogens (tertiary/aromatic N) is 4. The van der Waals surface area contributed by atoms with Crippen molar-refractivity contribution in [2.45, 2.75) is 40.2 Å². The van der Waals surface area contributed by atoms with E-state index in [9.17, 15) is 4.79 Å². The van der Waals surface area contributed by atoms with Crippen LogP contribution in [-0.4, -0.2) is 38.4 Å². The highest BCUT2D eigenvalue weighted by Gasteiger charge is 2.17. The van der Waals surface area contributed by atoms with Crippen molar-refractivity contribution in [2.75, 3.05) is 6.61 Å². The monoisotopic (exact) mass is 340 g/mol. The number of hydrogen-bond acceptors (Lipinski definition) is 6. The van der Waals surface area contributed by atoms with Crippen LogP contribution in [0.15, 0.2) is 24.5 Å². The van der Waals surface area contributed by atoms with Gasteiger partial charge in [-0.15, -0.1) is 5.10 Å². The van der Waals surface area contributed by atoms with Gasteiger partial charge < -0.3 is 9.47 Å². The average molecular weight is 341 g/mol. The Hall–Kier alpha value is -2.15. The molecule has 0 atom stereocenters. The van der Waals surface area contributed by atoms with E-state index in [4.69, 9.17) is 21.1 Å². The summed E-state index contributed by atoms with van der Waals surface area (Å²) >= 11 is 5.94. The van der Waals surface area contributed by atoms with Gasteiger partial charge in [0.2, 0.25) is 0 Å². The molecule has 23 heavy (non-hydrogen) atoms. The van der Waals surface area contributed by atoms with E-state index >= 15 is 0 Å². The number of ether oxygens (including phenoxy) is 2. The minimum atomic E-state index is -0.562. The van der Waals surface area contributed by atoms with Gasteiger partial charge in [0.25, 0.3) is 0 Å². The first kappa shape index (κ1) is 18.9. The van der Waals surface area contributed by atoms with Crippen LogP contribution < -0.4 is 4.74 Å². The first-order valence-electron chi connectivity index (χ1n) is 7.23. The van der Waals surface area contributed by atoms with Crippen molar-refractivity contribution in [3.63, 3.8) is 0 Å². The summed E-state index contributed by atoms with van der Waals surface area (Å²) < 4.78 is 12.1. The lowest BCUT2D eigenvalue weighted by Gasteiger charge is -2.19. The molecule has 1 aromatic heterocycles. The Labute approximate surface area is 140 Å². The summed E-state index contributed by atoms with van der Waals surface area (Å²) in [5, 5.41) is 11.4. The molecule has 0 saturated carbocycles. The number of benzene rings is 1. The molecule has 0 aliphatic carbocycles. The molecule has 8 heteroatoms. The Balaban J connectivity index is 0.00000127. The third-order valence-electron chi connectivity index (χ3n) is 2.28. The molecule has 7 nitrogen and oxygen atoms in total. The van der Waals surface area contributed by atoms with Gasteiger partial charge in [0.15, 0.2) is 6.61 Å². The van der Waals surface area contributed by atoms with E-state index < -0.39 is 11.6 Å². The van der Waals surface area contributed by atoms with Crippen LogP contribution in [-0.2, 0) is 9.53 Å². The summed E-state index contributed by atoms with van der Waals surface area (Å²) in [6, 6.07) is 4.96. The van der Waals surface area contributed by atoms with E-state index in [0.29, 0.717) is 16.5 Å². The lowest BCUT2D eigenvalue weighted by molar-refractivity contribution is -0.157. The number of rotatable bonds is 4. The number of carbonyl (C=O) groups excluding carboxylic acids is 1. The van der Waals surface area contributed by atoms with Crippen LogP contribution in [0.5, 0.6) is 5.75 Å². The standard InChI is InChI=1S/C13H15ClN4O3.C2H6/c1-13(2,3)21-12(19)7-20-11-6-9(14)4-5-10(11)18-8-15-16-17-18;1-2/h4-6,8H,7H2,1-3H3;1-2H3. The Kier molecular flexibility index (Phi) is 6.96. The zero-order chi connectivity index (χ0) is 17.5. The maximum atomic E-state index is 11.7. The van der Waals surface area contributed by atoms with Gasteiger partial charge in [-0.2, -0.15) is 4.68 Å². The largest absolute Gasteiger partial charge is 0.480 e. The summed E-state index contributed by atoms with van der Waals surface area (Å²) in [4.78, 5) is 11.7. The molecule has 0 fully saturated rings. The summed E-state index contributed by atoms with van der Waals surface area (Å²) in [6.07, 6.45) is 1.42. The van der Waals surface area contributed by atoms with E-state index in [0.717, 1.165) is 0 Å². The van der Waals surface area contributed by atoms with Crippen molar-refractivity contribution in [3.8, 4) is 11.4 Å². The van der Waals surface area contributed by atoms with E-state index in [1.165, 1.54) is 11.0 Å². The number of hydrogen-bond donors (Lipinski definition) is 0. The maximum absolute atomic E-state index is 11.7. The van der Waals surface area contributed by atoms with Gasteiger partial charge in [-0.05, 0) is 43.3 Å². The van der Waals surface area contributed by atoms with Gasteiger partial charge in [-0.25, -0.2) is 4.79 Å². The van der Waals surface area contributed by atoms with E-state index in [1.807, 2.05) is 13.8 Å². The van der Waals surface area contributed by atoms with E-state index in [1.54, 1.807) is 39.0 Å². The number of halogens is 1. The molecule has 0 spiro atoms. The highest BCUT2D eigenvalue weighted by Crippen LogP contribution is 2.26. The van der Waals surface area contributed by atoms with Crippen molar-refractivity contribution in [3.05, 3.63) is 29.5 Å². The third-order valence-corrected chi connectivity index (χ3v) is 2.52. The Morgan fingerprint density at radius 3 is 2.57 bits per heavy atom. The second-order valence-corrected chi connectivity index (χ2v) is 5.68. The number of tetrazole rings is 1. The fourth-order valence-corrected chi connectivity index (χ4v) is 1.73. The predicted molar refractivity (Wildman–Crippen MR) is 86.9 cm³/mol. The molecule has 2 aromatic rings. The molecule has 0 aliphatic heterocycles. The lowest BCUT2D eigenvalue weighted by atomic mass is 10.2. The van der Waals surface area contributed by atoms with Gasteiger partial charge in [-0.3, -0.25) is 0 Å². The zero-order valence-corrected chi connectivity index (χ0v) is 14.7. The van der Waals surface area contributed by atoms with Crippen LogP contribution in [0.25, 0.3) is 5.69 Å². The number of esters is 1. The Morgan fingerprint density at radius 1 is 1.30 bits per heavy atom. The summed E-state index contributed by atoms with van der Waals surface area (Å²) in [5.74, 6) is -0.0780. The maximum Gasteiger partial charge on any atom is 0.344 e. The van der Waals surface area contributed by atoms with Crippen LogP contribution in [0, 0.1) is 0 Å². The fraction of sp³-hybridized carbons (Fsp3) is 0.467. The third kappa shape index (κ3) is 6.23. The topological polar surface area (TPSA) is 79.1 Å².